The smallest absolute Gasteiger partial charge is 0.341 e. The van der Waals surface area contributed by atoms with Crippen LogP contribution in [-0.4, -0.2) is 33.2 Å². The number of nitrogens with zero attached hydrogens (tertiary/aromatic N) is 3. The van der Waals surface area contributed by atoms with E-state index in [4.69, 9.17) is 4.74 Å². The van der Waals surface area contributed by atoms with Crippen molar-refractivity contribution in [3.63, 3.8) is 0 Å². The second kappa shape index (κ2) is 6.38. The molecule has 2 aromatic rings. The quantitative estimate of drug-likeness (QED) is 0.873. The molecule has 0 saturated carbocycles. The first-order valence-electron chi connectivity index (χ1n) is 6.90. The summed E-state index contributed by atoms with van der Waals surface area (Å²) in [5.41, 5.74) is 2.60. The maximum atomic E-state index is 11.9. The number of hydrogen-bond donors (Lipinski definition) is 1. The third kappa shape index (κ3) is 3.30. The molecule has 0 saturated heterocycles. The molecular formula is C15H18N4O3. The second-order valence-electron chi connectivity index (χ2n) is 4.83. The lowest BCUT2D eigenvalue weighted by molar-refractivity contribution is -0.114. The molecule has 7 nitrogen and oxygen atoms in total. The van der Waals surface area contributed by atoms with E-state index >= 15 is 0 Å². The summed E-state index contributed by atoms with van der Waals surface area (Å²) in [6.45, 7) is 7.10. The maximum absolute atomic E-state index is 11.9. The molecule has 1 amide bonds. The van der Waals surface area contributed by atoms with Crippen LogP contribution in [0.3, 0.4) is 0 Å². The molecule has 2 aromatic heterocycles. The Bertz CT molecular complexity index is 722. The van der Waals surface area contributed by atoms with Gasteiger partial charge in [0.15, 0.2) is 0 Å². The molecule has 0 radical (unpaired) electrons. The topological polar surface area (TPSA) is 86.1 Å². The lowest BCUT2D eigenvalue weighted by Crippen LogP contribution is -2.09. The van der Waals surface area contributed by atoms with Crippen molar-refractivity contribution in [2.24, 2.45) is 0 Å². The lowest BCUT2D eigenvalue weighted by Gasteiger charge is -2.08. The van der Waals surface area contributed by atoms with Crippen LogP contribution in [0, 0.1) is 13.8 Å². The van der Waals surface area contributed by atoms with Gasteiger partial charge in [-0.05, 0) is 26.3 Å². The van der Waals surface area contributed by atoms with Crippen LogP contribution in [-0.2, 0) is 9.53 Å². The number of amides is 1. The van der Waals surface area contributed by atoms with Gasteiger partial charge < -0.3 is 10.1 Å². The van der Waals surface area contributed by atoms with E-state index < -0.39 is 5.97 Å². The number of rotatable bonds is 4. The molecule has 0 atom stereocenters. The van der Waals surface area contributed by atoms with E-state index in [-0.39, 0.29) is 5.91 Å². The SMILES string of the molecule is CCOC(=O)c1cn(-c2cc(NC(C)=O)ncc2C)nc1C. The van der Waals surface area contributed by atoms with Crippen LogP contribution in [0.15, 0.2) is 18.5 Å². The highest BCUT2D eigenvalue weighted by Crippen LogP contribution is 2.19. The van der Waals surface area contributed by atoms with Gasteiger partial charge in [0.25, 0.3) is 0 Å². The van der Waals surface area contributed by atoms with E-state index in [0.717, 1.165) is 11.3 Å². The number of carbonyl (C=O) groups is 2. The molecule has 2 rings (SSSR count). The molecule has 0 aromatic carbocycles. The van der Waals surface area contributed by atoms with Crippen LogP contribution >= 0.6 is 0 Å². The molecule has 0 fully saturated rings. The van der Waals surface area contributed by atoms with Gasteiger partial charge in [0.2, 0.25) is 5.91 Å². The van der Waals surface area contributed by atoms with Crippen molar-refractivity contribution in [1.29, 1.82) is 0 Å². The number of ether oxygens (including phenoxy) is 1. The predicted octanol–water partition coefficient (Wildman–Crippen LogP) is 2.02. The molecule has 116 valence electrons. The number of esters is 1. The highest BCUT2D eigenvalue weighted by atomic mass is 16.5. The number of carbonyl (C=O) groups excluding carboxylic acids is 2. The summed E-state index contributed by atoms with van der Waals surface area (Å²) in [6.07, 6.45) is 3.26. The average molecular weight is 302 g/mol. The van der Waals surface area contributed by atoms with E-state index in [1.54, 1.807) is 37.0 Å². The Labute approximate surface area is 128 Å². The first-order chi connectivity index (χ1) is 10.4. The molecule has 0 spiro atoms. The summed E-state index contributed by atoms with van der Waals surface area (Å²) in [5, 5.41) is 6.96. The number of anilines is 1. The Morgan fingerprint density at radius 2 is 2.09 bits per heavy atom. The Morgan fingerprint density at radius 1 is 1.36 bits per heavy atom. The van der Waals surface area contributed by atoms with Crippen molar-refractivity contribution < 1.29 is 14.3 Å². The van der Waals surface area contributed by atoms with Gasteiger partial charge in [-0.25, -0.2) is 14.5 Å². The van der Waals surface area contributed by atoms with Gasteiger partial charge in [-0.2, -0.15) is 5.10 Å². The molecule has 1 N–H and O–H groups in total. The van der Waals surface area contributed by atoms with Gasteiger partial charge in [0.1, 0.15) is 11.4 Å². The van der Waals surface area contributed by atoms with E-state index in [9.17, 15) is 9.59 Å². The summed E-state index contributed by atoms with van der Waals surface area (Å²) in [4.78, 5) is 27.1. The van der Waals surface area contributed by atoms with E-state index in [0.29, 0.717) is 23.7 Å². The summed E-state index contributed by atoms with van der Waals surface area (Å²) in [6, 6.07) is 1.71. The fourth-order valence-corrected chi connectivity index (χ4v) is 2.00. The summed E-state index contributed by atoms with van der Waals surface area (Å²) in [5.74, 6) is -0.176. The average Bonchev–Trinajstić information content (AvgIpc) is 2.82. The zero-order chi connectivity index (χ0) is 16.3. The predicted molar refractivity (Wildman–Crippen MR) is 81.1 cm³/mol. The number of nitrogens with one attached hydrogen (secondary N) is 1. The Balaban J connectivity index is 2.41. The van der Waals surface area contributed by atoms with Crippen molar-refractivity contribution in [2.45, 2.75) is 27.7 Å². The molecule has 0 aliphatic carbocycles. The van der Waals surface area contributed by atoms with Gasteiger partial charge in [0.05, 0.1) is 18.0 Å². The maximum Gasteiger partial charge on any atom is 0.341 e. The highest BCUT2D eigenvalue weighted by Gasteiger charge is 2.16. The molecule has 0 bridgehead atoms. The highest BCUT2D eigenvalue weighted by molar-refractivity contribution is 5.90. The minimum atomic E-state index is -0.403. The van der Waals surface area contributed by atoms with E-state index in [2.05, 4.69) is 15.4 Å². The van der Waals surface area contributed by atoms with Crippen molar-refractivity contribution >= 4 is 17.7 Å². The third-order valence-corrected chi connectivity index (χ3v) is 3.02. The molecular weight excluding hydrogens is 284 g/mol. The van der Waals surface area contributed by atoms with Gasteiger partial charge in [0, 0.05) is 25.4 Å². The molecule has 0 unspecified atom stereocenters. The fraction of sp³-hybridized carbons (Fsp3) is 0.333. The molecule has 0 aliphatic heterocycles. The minimum Gasteiger partial charge on any atom is -0.462 e. The zero-order valence-corrected chi connectivity index (χ0v) is 13.0. The second-order valence-corrected chi connectivity index (χ2v) is 4.83. The molecule has 22 heavy (non-hydrogen) atoms. The number of pyridine rings is 1. The van der Waals surface area contributed by atoms with E-state index in [1.165, 1.54) is 6.92 Å². The fourth-order valence-electron chi connectivity index (χ4n) is 2.00. The van der Waals surface area contributed by atoms with Gasteiger partial charge in [-0.3, -0.25) is 4.79 Å². The zero-order valence-electron chi connectivity index (χ0n) is 13.0. The van der Waals surface area contributed by atoms with Gasteiger partial charge >= 0.3 is 5.97 Å². The van der Waals surface area contributed by atoms with Crippen molar-refractivity contribution in [1.82, 2.24) is 14.8 Å². The Morgan fingerprint density at radius 3 is 2.73 bits per heavy atom. The Kier molecular flexibility index (Phi) is 4.55. The standard InChI is InChI=1S/C15H18N4O3/c1-5-22-15(21)12-8-19(18-10(12)3)13-6-14(17-11(4)20)16-7-9(13)2/h6-8H,5H2,1-4H3,(H,16,17,20). The number of aromatic nitrogens is 3. The number of aryl methyl sites for hydroxylation is 2. The summed E-state index contributed by atoms with van der Waals surface area (Å²) in [7, 11) is 0. The van der Waals surface area contributed by atoms with E-state index in [1.807, 2.05) is 6.92 Å². The molecule has 7 heteroatoms. The first kappa shape index (κ1) is 15.7. The molecule has 0 aliphatic rings. The summed E-state index contributed by atoms with van der Waals surface area (Å²) >= 11 is 0. The summed E-state index contributed by atoms with van der Waals surface area (Å²) < 4.78 is 6.59. The van der Waals surface area contributed by atoms with Crippen LogP contribution in [0.25, 0.3) is 5.69 Å². The lowest BCUT2D eigenvalue weighted by atomic mass is 10.2. The van der Waals surface area contributed by atoms with Crippen LogP contribution < -0.4 is 5.32 Å². The largest absolute Gasteiger partial charge is 0.462 e. The van der Waals surface area contributed by atoms with Crippen molar-refractivity contribution in [2.75, 3.05) is 11.9 Å². The first-order valence-corrected chi connectivity index (χ1v) is 6.90. The van der Waals surface area contributed by atoms with Crippen LogP contribution in [0.4, 0.5) is 5.82 Å². The normalized spacial score (nSPS) is 10.4. The number of hydrogen-bond acceptors (Lipinski definition) is 5. The van der Waals surface area contributed by atoms with Crippen molar-refractivity contribution in [3.8, 4) is 5.69 Å². The van der Waals surface area contributed by atoms with Gasteiger partial charge in [-0.15, -0.1) is 0 Å². The third-order valence-electron chi connectivity index (χ3n) is 3.02. The van der Waals surface area contributed by atoms with Crippen LogP contribution in [0.5, 0.6) is 0 Å². The molecule has 2 heterocycles. The Hall–Kier alpha value is -2.70. The van der Waals surface area contributed by atoms with Crippen LogP contribution in [0.1, 0.15) is 35.5 Å². The van der Waals surface area contributed by atoms with Crippen molar-refractivity contribution in [3.05, 3.63) is 35.3 Å². The van der Waals surface area contributed by atoms with Crippen LogP contribution in [0.2, 0.25) is 0 Å². The minimum absolute atomic E-state index is 0.203. The van der Waals surface area contributed by atoms with Gasteiger partial charge in [-0.1, -0.05) is 0 Å². The monoisotopic (exact) mass is 302 g/mol.